The lowest BCUT2D eigenvalue weighted by atomic mass is 9.95. The predicted molar refractivity (Wildman–Crippen MR) is 145 cm³/mol. The molecule has 2 heterocycles. The van der Waals surface area contributed by atoms with Crippen LogP contribution < -0.4 is 29.7 Å². The van der Waals surface area contributed by atoms with Crippen LogP contribution in [0.15, 0.2) is 99.9 Å². The number of anilines is 1. The van der Waals surface area contributed by atoms with Gasteiger partial charge < -0.3 is 14.8 Å². The van der Waals surface area contributed by atoms with E-state index in [4.69, 9.17) is 9.47 Å². The Balaban J connectivity index is 1.68. The molecule has 0 bridgehead atoms. The highest BCUT2D eigenvalue weighted by Gasteiger charge is 2.32. The van der Waals surface area contributed by atoms with Gasteiger partial charge in [-0.05, 0) is 48.9 Å². The Bertz CT molecular complexity index is 1670. The molecule has 0 aliphatic carbocycles. The zero-order valence-electron chi connectivity index (χ0n) is 20.6. The van der Waals surface area contributed by atoms with Crippen molar-refractivity contribution < 1.29 is 14.3 Å². The molecule has 1 amide bonds. The molecule has 4 aromatic rings. The molecule has 1 N–H and O–H groups in total. The molecular weight excluding hydrogens is 486 g/mol. The Labute approximate surface area is 217 Å². The molecule has 0 radical (unpaired) electrons. The summed E-state index contributed by atoms with van der Waals surface area (Å²) in [5.74, 6) is 1.04. The summed E-state index contributed by atoms with van der Waals surface area (Å²) in [5, 5.41) is 2.96. The van der Waals surface area contributed by atoms with E-state index in [0.29, 0.717) is 37.8 Å². The lowest BCUT2D eigenvalue weighted by Gasteiger charge is -2.25. The van der Waals surface area contributed by atoms with Gasteiger partial charge in [-0.15, -0.1) is 0 Å². The minimum atomic E-state index is -0.661. The van der Waals surface area contributed by atoms with Crippen molar-refractivity contribution in [2.45, 2.75) is 13.0 Å². The van der Waals surface area contributed by atoms with Crippen molar-refractivity contribution in [2.24, 2.45) is 4.99 Å². The average Bonchev–Trinajstić information content (AvgIpc) is 3.22. The van der Waals surface area contributed by atoms with E-state index in [1.54, 1.807) is 31.8 Å². The molecule has 0 spiro atoms. The van der Waals surface area contributed by atoms with Crippen LogP contribution in [0, 0.1) is 0 Å². The summed E-state index contributed by atoms with van der Waals surface area (Å²) in [6.07, 6.45) is 1.80. The Kier molecular flexibility index (Phi) is 6.74. The molecule has 0 saturated heterocycles. The summed E-state index contributed by atoms with van der Waals surface area (Å²) in [6.45, 7) is 1.80. The molecular formula is C29H25N3O4S. The van der Waals surface area contributed by atoms with Crippen LogP contribution in [-0.4, -0.2) is 24.7 Å². The number of hydrogen-bond acceptors (Lipinski definition) is 6. The Morgan fingerprint density at radius 2 is 1.68 bits per heavy atom. The highest BCUT2D eigenvalue weighted by atomic mass is 32.1. The fourth-order valence-electron chi connectivity index (χ4n) is 4.36. The molecule has 3 aromatic carbocycles. The standard InChI is InChI=1S/C29H25N3O4S/c1-18-25(27(33)31-21-10-5-4-6-11-21)26(19-13-15-22(35-2)16-14-19)32-28(34)24(37-29(32)30-18)17-20-9-7-8-12-23(20)36-3/h4-17,26H,1-3H3,(H,31,33)/b24-17+/t26-/m0/s1. The molecule has 37 heavy (non-hydrogen) atoms. The highest BCUT2D eigenvalue weighted by molar-refractivity contribution is 7.07. The van der Waals surface area contributed by atoms with Gasteiger partial charge in [0.1, 0.15) is 11.5 Å². The van der Waals surface area contributed by atoms with E-state index in [2.05, 4.69) is 10.3 Å². The number of thiazole rings is 1. The number of methoxy groups -OCH3 is 2. The smallest absolute Gasteiger partial charge is 0.271 e. The first-order valence-electron chi connectivity index (χ1n) is 11.7. The third-order valence-electron chi connectivity index (χ3n) is 6.16. The van der Waals surface area contributed by atoms with E-state index < -0.39 is 6.04 Å². The molecule has 1 aliphatic rings. The first-order chi connectivity index (χ1) is 18.0. The van der Waals surface area contributed by atoms with Gasteiger partial charge in [0.2, 0.25) is 0 Å². The number of aromatic nitrogens is 1. The van der Waals surface area contributed by atoms with Gasteiger partial charge in [0.25, 0.3) is 11.5 Å². The molecule has 1 aromatic heterocycles. The molecule has 8 heteroatoms. The number of amides is 1. The van der Waals surface area contributed by atoms with Gasteiger partial charge >= 0.3 is 0 Å². The average molecular weight is 512 g/mol. The van der Waals surface area contributed by atoms with Crippen molar-refractivity contribution >= 4 is 29.0 Å². The number of carbonyl (C=O) groups is 1. The number of fused-ring (bicyclic) bond motifs is 1. The third kappa shape index (κ3) is 4.71. The maximum atomic E-state index is 13.8. The normalized spacial score (nSPS) is 15.1. The maximum Gasteiger partial charge on any atom is 0.271 e. The van der Waals surface area contributed by atoms with Crippen LogP contribution in [0.4, 0.5) is 5.69 Å². The Morgan fingerprint density at radius 1 is 0.973 bits per heavy atom. The highest BCUT2D eigenvalue weighted by Crippen LogP contribution is 2.31. The monoisotopic (exact) mass is 511 g/mol. The van der Waals surface area contributed by atoms with E-state index in [1.165, 1.54) is 11.3 Å². The van der Waals surface area contributed by atoms with Crippen LogP contribution >= 0.6 is 11.3 Å². The lowest BCUT2D eigenvalue weighted by Crippen LogP contribution is -2.40. The maximum absolute atomic E-state index is 13.8. The number of para-hydroxylation sites is 2. The number of allylic oxidation sites excluding steroid dienone is 1. The summed E-state index contributed by atoms with van der Waals surface area (Å²) < 4.78 is 12.9. The van der Waals surface area contributed by atoms with Gasteiger partial charge in [-0.1, -0.05) is 59.9 Å². The van der Waals surface area contributed by atoms with Crippen LogP contribution in [0.2, 0.25) is 0 Å². The van der Waals surface area contributed by atoms with Gasteiger partial charge in [0, 0.05) is 11.3 Å². The second-order valence-electron chi connectivity index (χ2n) is 8.42. The first kappa shape index (κ1) is 24.3. The molecule has 7 nitrogen and oxygen atoms in total. The molecule has 0 saturated carbocycles. The zero-order valence-corrected chi connectivity index (χ0v) is 21.4. The van der Waals surface area contributed by atoms with Gasteiger partial charge in [0.05, 0.1) is 36.1 Å². The van der Waals surface area contributed by atoms with Gasteiger partial charge in [-0.2, -0.15) is 0 Å². The molecule has 1 aliphatic heterocycles. The van der Waals surface area contributed by atoms with Crippen LogP contribution in [0.1, 0.15) is 24.1 Å². The van der Waals surface area contributed by atoms with Crippen LogP contribution in [0.25, 0.3) is 6.08 Å². The largest absolute Gasteiger partial charge is 0.497 e. The minimum absolute atomic E-state index is 0.229. The number of nitrogens with one attached hydrogen (secondary N) is 1. The van der Waals surface area contributed by atoms with Crippen molar-refractivity contribution in [1.29, 1.82) is 0 Å². The topological polar surface area (TPSA) is 81.9 Å². The van der Waals surface area contributed by atoms with Crippen LogP contribution in [0.3, 0.4) is 0 Å². The number of carbonyl (C=O) groups excluding carboxylic acids is 1. The van der Waals surface area contributed by atoms with Crippen molar-refractivity contribution in [3.8, 4) is 11.5 Å². The summed E-state index contributed by atoms with van der Waals surface area (Å²) in [6, 6.07) is 23.4. The molecule has 5 rings (SSSR count). The number of rotatable bonds is 6. The van der Waals surface area contributed by atoms with Crippen LogP contribution in [0.5, 0.6) is 11.5 Å². The van der Waals surface area contributed by atoms with E-state index >= 15 is 0 Å². The third-order valence-corrected chi connectivity index (χ3v) is 7.14. The fourth-order valence-corrected chi connectivity index (χ4v) is 5.40. The minimum Gasteiger partial charge on any atom is -0.497 e. The second kappa shape index (κ2) is 10.3. The molecule has 186 valence electrons. The molecule has 1 atom stereocenters. The van der Waals surface area contributed by atoms with E-state index in [0.717, 1.165) is 11.1 Å². The van der Waals surface area contributed by atoms with Crippen LogP contribution in [-0.2, 0) is 4.79 Å². The molecule has 0 fully saturated rings. The first-order valence-corrected chi connectivity index (χ1v) is 12.5. The van der Waals surface area contributed by atoms with Crippen molar-refractivity contribution in [3.05, 3.63) is 121 Å². The fraction of sp³-hybridized carbons (Fsp3) is 0.138. The van der Waals surface area contributed by atoms with Gasteiger partial charge in [-0.3, -0.25) is 14.2 Å². The van der Waals surface area contributed by atoms with E-state index in [1.807, 2.05) is 78.9 Å². The lowest BCUT2D eigenvalue weighted by molar-refractivity contribution is -0.113. The quantitative estimate of drug-likeness (QED) is 0.426. The van der Waals surface area contributed by atoms with Crippen molar-refractivity contribution in [1.82, 2.24) is 4.57 Å². The van der Waals surface area contributed by atoms with E-state index in [9.17, 15) is 9.59 Å². The van der Waals surface area contributed by atoms with Crippen molar-refractivity contribution in [2.75, 3.05) is 19.5 Å². The zero-order chi connectivity index (χ0) is 25.9. The SMILES string of the molecule is COc1ccc([C@H]2C(C(=O)Nc3ccccc3)=C(C)N=c3s/c(=C/c4ccccc4OC)c(=O)n32)cc1. The number of ether oxygens (including phenoxy) is 2. The second-order valence-corrected chi connectivity index (χ2v) is 9.43. The Hall–Kier alpha value is -4.43. The van der Waals surface area contributed by atoms with Crippen molar-refractivity contribution in [3.63, 3.8) is 0 Å². The Morgan fingerprint density at radius 3 is 2.38 bits per heavy atom. The summed E-state index contributed by atoms with van der Waals surface area (Å²) in [5.41, 5.74) is 2.96. The summed E-state index contributed by atoms with van der Waals surface area (Å²) in [4.78, 5) is 32.6. The molecule has 0 unspecified atom stereocenters. The number of hydrogen-bond donors (Lipinski definition) is 1. The number of benzene rings is 3. The van der Waals surface area contributed by atoms with E-state index in [-0.39, 0.29) is 11.5 Å². The predicted octanol–water partition coefficient (Wildman–Crippen LogP) is 3.89. The van der Waals surface area contributed by atoms with Gasteiger partial charge in [0.15, 0.2) is 4.80 Å². The number of nitrogens with zero attached hydrogens (tertiary/aromatic N) is 2. The summed E-state index contributed by atoms with van der Waals surface area (Å²) in [7, 11) is 3.19. The van der Waals surface area contributed by atoms with Gasteiger partial charge in [-0.25, -0.2) is 4.99 Å². The summed E-state index contributed by atoms with van der Waals surface area (Å²) >= 11 is 1.29.